The number of terminal acetylenes is 1. The Labute approximate surface area is 134 Å². The number of nitrogens with one attached hydrogen (secondary N) is 2. The van der Waals surface area contributed by atoms with Crippen LogP contribution in [0.3, 0.4) is 0 Å². The molecule has 0 unspecified atom stereocenters. The zero-order valence-corrected chi connectivity index (χ0v) is 12.8. The van der Waals surface area contributed by atoms with Crippen molar-refractivity contribution in [1.29, 1.82) is 0 Å². The molecule has 0 saturated heterocycles. The first kappa shape index (κ1) is 15.2. The summed E-state index contributed by atoms with van der Waals surface area (Å²) >= 11 is 0. The third-order valence-corrected chi connectivity index (χ3v) is 4.09. The van der Waals surface area contributed by atoms with Crippen molar-refractivity contribution < 1.29 is 9.59 Å². The Kier molecular flexibility index (Phi) is 4.11. The summed E-state index contributed by atoms with van der Waals surface area (Å²) in [6.45, 7) is 0. The van der Waals surface area contributed by atoms with Gasteiger partial charge in [0.2, 0.25) is 11.8 Å². The Morgan fingerprint density at radius 3 is 2.91 bits per heavy atom. The minimum Gasteiger partial charge on any atom is -0.326 e. The largest absolute Gasteiger partial charge is 0.326 e. The molecule has 2 aliphatic heterocycles. The van der Waals surface area contributed by atoms with E-state index in [-0.39, 0.29) is 11.8 Å². The molecule has 118 valence electrons. The summed E-state index contributed by atoms with van der Waals surface area (Å²) < 4.78 is 0. The molecular weight excluding hydrogens is 292 g/mol. The fourth-order valence-electron chi connectivity index (χ4n) is 2.67. The van der Waals surface area contributed by atoms with Crippen LogP contribution in [0.25, 0.3) is 0 Å². The summed E-state index contributed by atoms with van der Waals surface area (Å²) in [6, 6.07) is 5.52. The Balaban J connectivity index is 1.52. The van der Waals surface area contributed by atoms with Crippen LogP contribution in [0.5, 0.6) is 0 Å². The molecule has 2 aliphatic rings. The predicted molar refractivity (Wildman–Crippen MR) is 86.9 cm³/mol. The van der Waals surface area contributed by atoms with Gasteiger partial charge in [-0.15, -0.1) is 12.3 Å². The van der Waals surface area contributed by atoms with E-state index in [0.29, 0.717) is 38.5 Å². The van der Waals surface area contributed by atoms with Crippen LogP contribution in [-0.2, 0) is 16.0 Å². The predicted octanol–water partition coefficient (Wildman–Crippen LogP) is 2.87. The zero-order chi connectivity index (χ0) is 16.3. The number of anilines is 2. The maximum atomic E-state index is 12.1. The van der Waals surface area contributed by atoms with Crippen LogP contribution < -0.4 is 10.6 Å². The normalized spacial score (nSPS) is 16.9. The van der Waals surface area contributed by atoms with Gasteiger partial charge in [0.05, 0.1) is 0 Å². The first-order valence-electron chi connectivity index (χ1n) is 7.70. The highest BCUT2D eigenvalue weighted by atomic mass is 16.2. The molecule has 2 heterocycles. The van der Waals surface area contributed by atoms with E-state index in [2.05, 4.69) is 26.8 Å². The quantitative estimate of drug-likeness (QED) is 0.792. The highest BCUT2D eigenvalue weighted by Gasteiger charge is 2.39. The van der Waals surface area contributed by atoms with Crippen LogP contribution in [0.1, 0.15) is 37.7 Å². The molecule has 0 saturated carbocycles. The molecule has 2 N–H and O–H groups in total. The van der Waals surface area contributed by atoms with Gasteiger partial charge in [0.15, 0.2) is 5.66 Å². The molecule has 3 rings (SSSR count). The van der Waals surface area contributed by atoms with Gasteiger partial charge in [0.25, 0.3) is 0 Å². The summed E-state index contributed by atoms with van der Waals surface area (Å²) in [5.74, 6) is 2.54. The van der Waals surface area contributed by atoms with E-state index < -0.39 is 5.66 Å². The highest BCUT2D eigenvalue weighted by Crippen LogP contribution is 2.37. The van der Waals surface area contributed by atoms with E-state index >= 15 is 0 Å². The average Bonchev–Trinajstić information content (AvgIpc) is 3.32. The van der Waals surface area contributed by atoms with Crippen molar-refractivity contribution >= 4 is 23.2 Å². The lowest BCUT2D eigenvalue weighted by Crippen LogP contribution is -2.20. The van der Waals surface area contributed by atoms with Gasteiger partial charge >= 0.3 is 0 Å². The summed E-state index contributed by atoms with van der Waals surface area (Å²) in [6.07, 6.45) is 8.67. The molecule has 2 amide bonds. The number of hydrogen-bond acceptors (Lipinski definition) is 4. The number of carbonyl (C=O) groups is 2. The Morgan fingerprint density at radius 2 is 2.17 bits per heavy atom. The Hall–Kier alpha value is -2.68. The first-order valence-corrected chi connectivity index (χ1v) is 7.70. The van der Waals surface area contributed by atoms with Crippen molar-refractivity contribution in [2.45, 2.75) is 44.2 Å². The monoisotopic (exact) mass is 310 g/mol. The SMILES string of the molecule is C#CCCC1(CCC(=O)Nc2ccc3c(c2)CCC(=O)N3)N=N1. The van der Waals surface area contributed by atoms with Crippen LogP contribution in [0.2, 0.25) is 0 Å². The summed E-state index contributed by atoms with van der Waals surface area (Å²) in [7, 11) is 0. The highest BCUT2D eigenvalue weighted by molar-refractivity contribution is 5.95. The lowest BCUT2D eigenvalue weighted by atomic mass is 10.0. The number of aryl methyl sites for hydroxylation is 1. The topological polar surface area (TPSA) is 82.9 Å². The number of benzene rings is 1. The molecule has 6 nitrogen and oxygen atoms in total. The minimum atomic E-state index is -0.427. The van der Waals surface area contributed by atoms with Crippen LogP contribution >= 0.6 is 0 Å². The van der Waals surface area contributed by atoms with Gasteiger partial charge in [0.1, 0.15) is 0 Å². The van der Waals surface area contributed by atoms with Crippen LogP contribution in [0.15, 0.2) is 28.4 Å². The molecular formula is C17H18N4O2. The molecule has 0 aromatic heterocycles. The van der Waals surface area contributed by atoms with Crippen molar-refractivity contribution in [3.8, 4) is 12.3 Å². The summed E-state index contributed by atoms with van der Waals surface area (Å²) in [4.78, 5) is 23.4. The molecule has 0 bridgehead atoms. The van der Waals surface area contributed by atoms with E-state index in [1.165, 1.54) is 0 Å². The Bertz CT molecular complexity index is 712. The molecule has 0 fully saturated rings. The smallest absolute Gasteiger partial charge is 0.224 e. The lowest BCUT2D eigenvalue weighted by molar-refractivity contribution is -0.117. The maximum Gasteiger partial charge on any atom is 0.224 e. The van der Waals surface area contributed by atoms with Crippen molar-refractivity contribution in [3.63, 3.8) is 0 Å². The van der Waals surface area contributed by atoms with Gasteiger partial charge < -0.3 is 10.6 Å². The van der Waals surface area contributed by atoms with E-state index in [9.17, 15) is 9.59 Å². The fraction of sp³-hybridized carbons (Fsp3) is 0.412. The zero-order valence-electron chi connectivity index (χ0n) is 12.8. The second-order valence-electron chi connectivity index (χ2n) is 5.85. The van der Waals surface area contributed by atoms with Crippen LogP contribution in [0.4, 0.5) is 11.4 Å². The van der Waals surface area contributed by atoms with Crippen molar-refractivity contribution in [3.05, 3.63) is 23.8 Å². The van der Waals surface area contributed by atoms with Gasteiger partial charge in [-0.25, -0.2) is 0 Å². The van der Waals surface area contributed by atoms with E-state index in [1.54, 1.807) is 6.07 Å². The lowest BCUT2D eigenvalue weighted by Gasteiger charge is -2.18. The summed E-state index contributed by atoms with van der Waals surface area (Å²) in [5.41, 5.74) is 2.18. The number of amides is 2. The van der Waals surface area contributed by atoms with E-state index in [1.807, 2.05) is 12.1 Å². The van der Waals surface area contributed by atoms with Crippen LogP contribution in [-0.4, -0.2) is 17.5 Å². The number of carbonyl (C=O) groups excluding carboxylic acids is 2. The molecule has 1 aromatic rings. The minimum absolute atomic E-state index is 0.0310. The molecule has 6 heteroatoms. The number of nitrogens with zero attached hydrogens (tertiary/aromatic N) is 2. The van der Waals surface area contributed by atoms with Gasteiger partial charge in [-0.3, -0.25) is 9.59 Å². The maximum absolute atomic E-state index is 12.1. The van der Waals surface area contributed by atoms with Gasteiger partial charge in [0, 0.05) is 43.5 Å². The number of hydrogen-bond donors (Lipinski definition) is 2. The number of fused-ring (bicyclic) bond motifs is 1. The molecule has 0 atom stereocenters. The third-order valence-electron chi connectivity index (χ3n) is 4.09. The fourth-order valence-corrected chi connectivity index (χ4v) is 2.67. The molecule has 0 radical (unpaired) electrons. The van der Waals surface area contributed by atoms with Gasteiger partial charge in [-0.05, 0) is 30.2 Å². The van der Waals surface area contributed by atoms with Gasteiger partial charge in [-0.2, -0.15) is 10.2 Å². The summed E-state index contributed by atoms with van der Waals surface area (Å²) in [5, 5.41) is 13.8. The van der Waals surface area contributed by atoms with E-state index in [4.69, 9.17) is 6.42 Å². The Morgan fingerprint density at radius 1 is 1.35 bits per heavy atom. The van der Waals surface area contributed by atoms with Crippen molar-refractivity contribution in [2.75, 3.05) is 10.6 Å². The second-order valence-corrected chi connectivity index (χ2v) is 5.85. The standard InChI is InChI=1S/C17H18N4O2/c1-2-3-9-17(20-21-17)10-8-16(23)18-13-5-6-14-12(11-13)4-7-15(22)19-14/h1,5-6,11H,3-4,7-10H2,(H,18,23)(H,19,22). The second kappa shape index (κ2) is 6.21. The van der Waals surface area contributed by atoms with E-state index in [0.717, 1.165) is 16.9 Å². The van der Waals surface area contributed by atoms with Gasteiger partial charge in [-0.1, -0.05) is 0 Å². The molecule has 1 aromatic carbocycles. The van der Waals surface area contributed by atoms with Crippen molar-refractivity contribution in [2.24, 2.45) is 10.2 Å². The van der Waals surface area contributed by atoms with Crippen LogP contribution in [0, 0.1) is 12.3 Å². The number of rotatable bonds is 6. The first-order chi connectivity index (χ1) is 11.1. The third kappa shape index (κ3) is 3.75. The molecule has 23 heavy (non-hydrogen) atoms. The van der Waals surface area contributed by atoms with Crippen molar-refractivity contribution in [1.82, 2.24) is 0 Å². The molecule has 0 spiro atoms. The average molecular weight is 310 g/mol. The molecule has 0 aliphatic carbocycles.